The quantitative estimate of drug-likeness (QED) is 0.801. The highest BCUT2D eigenvalue weighted by Gasteiger charge is 2.15. The summed E-state index contributed by atoms with van der Waals surface area (Å²) in [6.45, 7) is 2.27. The Morgan fingerprint density at radius 1 is 1.53 bits per heavy atom. The third-order valence-corrected chi connectivity index (χ3v) is 2.31. The average molecular weight is 213 g/mol. The number of aryl methyl sites for hydroxylation is 2. The van der Waals surface area contributed by atoms with E-state index in [2.05, 4.69) is 0 Å². The highest BCUT2D eigenvalue weighted by atomic mass is 19.1. The van der Waals surface area contributed by atoms with Gasteiger partial charge in [0, 0.05) is 0 Å². The number of phenols is 1. The fraction of sp³-hybridized carbons (Fsp3) is 0.455. The topological polar surface area (TPSA) is 55.5 Å². The molecule has 84 valence electrons. The Balaban J connectivity index is 3.10. The zero-order valence-electron chi connectivity index (χ0n) is 9.01. The van der Waals surface area contributed by atoms with Gasteiger partial charge in [-0.15, -0.1) is 0 Å². The summed E-state index contributed by atoms with van der Waals surface area (Å²) in [4.78, 5) is 0. The Labute approximate surface area is 88.7 Å². The number of hydrogen-bond donors (Lipinski definition) is 2. The number of phenolic OH excluding ortho intramolecular Hbond substituents is 1. The number of nitrogens with two attached hydrogens (primary N) is 1. The van der Waals surface area contributed by atoms with Crippen LogP contribution in [0.2, 0.25) is 0 Å². The second kappa shape index (κ2) is 4.98. The lowest BCUT2D eigenvalue weighted by Gasteiger charge is -2.11. The van der Waals surface area contributed by atoms with Crippen molar-refractivity contribution in [3.05, 3.63) is 23.0 Å². The van der Waals surface area contributed by atoms with E-state index in [1.807, 2.05) is 0 Å². The third kappa shape index (κ3) is 2.39. The highest BCUT2D eigenvalue weighted by Crippen LogP contribution is 2.34. The summed E-state index contributed by atoms with van der Waals surface area (Å²) in [5.74, 6) is -0.820. The number of ether oxygens (including phenoxy) is 1. The second-order valence-corrected chi connectivity index (χ2v) is 3.44. The molecule has 3 nitrogen and oxygen atoms in total. The monoisotopic (exact) mass is 213 g/mol. The lowest BCUT2D eigenvalue weighted by atomic mass is 10.0. The van der Waals surface area contributed by atoms with Gasteiger partial charge < -0.3 is 15.6 Å². The molecule has 15 heavy (non-hydrogen) atoms. The number of halogens is 1. The van der Waals surface area contributed by atoms with E-state index in [1.165, 1.54) is 7.11 Å². The van der Waals surface area contributed by atoms with Crippen LogP contribution in [0.3, 0.4) is 0 Å². The summed E-state index contributed by atoms with van der Waals surface area (Å²) in [7, 11) is 1.40. The van der Waals surface area contributed by atoms with Gasteiger partial charge in [0.2, 0.25) is 0 Å². The highest BCUT2D eigenvalue weighted by molar-refractivity contribution is 5.49. The molecule has 0 aliphatic rings. The number of benzene rings is 1. The minimum absolute atomic E-state index is 0.198. The van der Waals surface area contributed by atoms with E-state index >= 15 is 0 Å². The molecule has 0 fully saturated rings. The second-order valence-electron chi connectivity index (χ2n) is 3.44. The first-order valence-electron chi connectivity index (χ1n) is 4.86. The molecule has 0 amide bonds. The van der Waals surface area contributed by atoms with Gasteiger partial charge in [-0.2, -0.15) is 0 Å². The largest absolute Gasteiger partial charge is 0.502 e. The van der Waals surface area contributed by atoms with Crippen LogP contribution in [0.1, 0.15) is 17.5 Å². The van der Waals surface area contributed by atoms with Gasteiger partial charge in [-0.1, -0.05) is 0 Å². The molecule has 0 bridgehead atoms. The molecule has 0 spiro atoms. The number of rotatable bonds is 4. The Morgan fingerprint density at radius 3 is 2.73 bits per heavy atom. The maximum Gasteiger partial charge on any atom is 0.194 e. The first-order chi connectivity index (χ1) is 7.11. The summed E-state index contributed by atoms with van der Waals surface area (Å²) in [5, 5.41) is 9.53. The fourth-order valence-corrected chi connectivity index (χ4v) is 1.56. The summed E-state index contributed by atoms with van der Waals surface area (Å²) < 4.78 is 18.5. The zero-order chi connectivity index (χ0) is 11.4. The summed E-state index contributed by atoms with van der Waals surface area (Å²) >= 11 is 0. The predicted octanol–water partition coefficient (Wildman–Crippen LogP) is 1.74. The van der Waals surface area contributed by atoms with Crippen LogP contribution in [0.15, 0.2) is 6.07 Å². The maximum atomic E-state index is 13.6. The molecule has 0 radical (unpaired) electrons. The maximum absolute atomic E-state index is 13.6. The van der Waals surface area contributed by atoms with E-state index in [1.54, 1.807) is 13.0 Å². The average Bonchev–Trinajstić information content (AvgIpc) is 2.22. The van der Waals surface area contributed by atoms with Crippen LogP contribution in [-0.4, -0.2) is 18.8 Å². The lowest BCUT2D eigenvalue weighted by molar-refractivity contribution is 0.353. The van der Waals surface area contributed by atoms with Crippen molar-refractivity contribution in [3.8, 4) is 11.5 Å². The fourth-order valence-electron chi connectivity index (χ4n) is 1.56. The lowest BCUT2D eigenvalue weighted by Crippen LogP contribution is -2.03. The van der Waals surface area contributed by atoms with Crippen molar-refractivity contribution >= 4 is 0 Å². The molecule has 0 saturated carbocycles. The molecule has 4 heteroatoms. The molecule has 0 aliphatic carbocycles. The summed E-state index contributed by atoms with van der Waals surface area (Å²) in [6, 6.07) is 1.68. The van der Waals surface area contributed by atoms with Gasteiger partial charge in [0.25, 0.3) is 0 Å². The number of hydrogen-bond acceptors (Lipinski definition) is 3. The standard InChI is InChI=1S/C11H16FNO2/c1-7-6-8(4-3-5-13)9(12)10(14)11(7)15-2/h6,14H,3-5,13H2,1-2H3. The van der Waals surface area contributed by atoms with Crippen molar-refractivity contribution in [1.82, 2.24) is 0 Å². The molecule has 0 saturated heterocycles. The molecule has 1 rings (SSSR count). The van der Waals surface area contributed by atoms with Crippen LogP contribution in [0.25, 0.3) is 0 Å². The first-order valence-corrected chi connectivity index (χ1v) is 4.86. The van der Waals surface area contributed by atoms with E-state index in [-0.39, 0.29) is 5.75 Å². The van der Waals surface area contributed by atoms with Crippen molar-refractivity contribution in [2.75, 3.05) is 13.7 Å². The molecule has 0 aliphatic heterocycles. The van der Waals surface area contributed by atoms with Crippen LogP contribution in [-0.2, 0) is 6.42 Å². The molecule has 3 N–H and O–H groups in total. The number of aromatic hydroxyl groups is 1. The Bertz CT molecular complexity index is 353. The van der Waals surface area contributed by atoms with Crippen molar-refractivity contribution < 1.29 is 14.2 Å². The smallest absolute Gasteiger partial charge is 0.194 e. The van der Waals surface area contributed by atoms with Gasteiger partial charge in [0.15, 0.2) is 17.3 Å². The van der Waals surface area contributed by atoms with Gasteiger partial charge in [-0.05, 0) is 43.5 Å². The van der Waals surface area contributed by atoms with E-state index in [9.17, 15) is 9.50 Å². The zero-order valence-corrected chi connectivity index (χ0v) is 9.01. The van der Waals surface area contributed by atoms with Gasteiger partial charge in [-0.25, -0.2) is 4.39 Å². The van der Waals surface area contributed by atoms with Gasteiger partial charge >= 0.3 is 0 Å². The molecule has 1 aromatic rings. The molecule has 0 aromatic heterocycles. The molecule has 0 atom stereocenters. The minimum atomic E-state index is -0.606. The van der Waals surface area contributed by atoms with Gasteiger partial charge in [0.1, 0.15) is 0 Å². The van der Waals surface area contributed by atoms with Crippen LogP contribution in [0, 0.1) is 12.7 Å². The molecular weight excluding hydrogens is 197 g/mol. The van der Waals surface area contributed by atoms with Gasteiger partial charge in [0.05, 0.1) is 7.11 Å². The Hall–Kier alpha value is -1.29. The molecule has 0 heterocycles. The van der Waals surface area contributed by atoms with Crippen molar-refractivity contribution in [2.45, 2.75) is 19.8 Å². The van der Waals surface area contributed by atoms with Gasteiger partial charge in [-0.3, -0.25) is 0 Å². The van der Waals surface area contributed by atoms with Crippen LogP contribution in [0.4, 0.5) is 4.39 Å². The Morgan fingerprint density at radius 2 is 2.20 bits per heavy atom. The molecular formula is C11H16FNO2. The molecule has 0 unspecified atom stereocenters. The summed E-state index contributed by atoms with van der Waals surface area (Å²) in [5.41, 5.74) is 6.56. The van der Waals surface area contributed by atoms with Crippen molar-refractivity contribution in [2.24, 2.45) is 5.73 Å². The van der Waals surface area contributed by atoms with Crippen LogP contribution >= 0.6 is 0 Å². The van der Waals surface area contributed by atoms with E-state index in [4.69, 9.17) is 10.5 Å². The van der Waals surface area contributed by atoms with E-state index in [0.717, 1.165) is 5.56 Å². The molecule has 1 aromatic carbocycles. The Kier molecular flexibility index (Phi) is 3.91. The van der Waals surface area contributed by atoms with E-state index in [0.29, 0.717) is 24.9 Å². The van der Waals surface area contributed by atoms with Crippen LogP contribution in [0.5, 0.6) is 11.5 Å². The SMILES string of the molecule is COc1c(C)cc(CCCN)c(F)c1O. The predicted molar refractivity (Wildman–Crippen MR) is 56.7 cm³/mol. The van der Waals surface area contributed by atoms with Crippen molar-refractivity contribution in [1.29, 1.82) is 0 Å². The van der Waals surface area contributed by atoms with Crippen LogP contribution < -0.4 is 10.5 Å². The summed E-state index contributed by atoms with van der Waals surface area (Å²) in [6.07, 6.45) is 1.23. The first kappa shape index (κ1) is 11.8. The minimum Gasteiger partial charge on any atom is -0.502 e. The number of methoxy groups -OCH3 is 1. The normalized spacial score (nSPS) is 10.4. The third-order valence-electron chi connectivity index (χ3n) is 2.31. The van der Waals surface area contributed by atoms with Crippen molar-refractivity contribution in [3.63, 3.8) is 0 Å². The van der Waals surface area contributed by atoms with E-state index < -0.39 is 11.6 Å².